The first-order valence-electron chi connectivity index (χ1n) is 8.00. The fourth-order valence-corrected chi connectivity index (χ4v) is 4.56. The highest BCUT2D eigenvalue weighted by Gasteiger charge is 2.49. The highest BCUT2D eigenvalue weighted by Crippen LogP contribution is 2.30. The quantitative estimate of drug-likeness (QED) is 0.421. The van der Waals surface area contributed by atoms with E-state index in [2.05, 4.69) is 14.7 Å². The minimum absolute atomic E-state index is 0. The van der Waals surface area contributed by atoms with Gasteiger partial charge in [-0.25, -0.2) is 14.7 Å². The summed E-state index contributed by atoms with van der Waals surface area (Å²) in [5, 5.41) is 0. The first-order chi connectivity index (χ1) is 10.7. The molecular formula is C16H21BrN4O2. The van der Waals surface area contributed by atoms with Crippen molar-refractivity contribution in [2.75, 3.05) is 53.2 Å². The van der Waals surface area contributed by atoms with Gasteiger partial charge in [-0.15, -0.1) is 0 Å². The topological polar surface area (TPSA) is 36.0 Å². The third-order valence-corrected chi connectivity index (χ3v) is 5.19. The zero-order valence-corrected chi connectivity index (χ0v) is 14.7. The van der Waals surface area contributed by atoms with Crippen molar-refractivity contribution >= 4 is 5.78 Å². The molecule has 1 aromatic carbocycles. The lowest BCUT2D eigenvalue weighted by Gasteiger charge is -2.60. The summed E-state index contributed by atoms with van der Waals surface area (Å²) in [4.78, 5) is 20.2. The van der Waals surface area contributed by atoms with E-state index in [0.29, 0.717) is 6.54 Å². The average Bonchev–Trinajstić information content (AvgIpc) is 2.92. The summed E-state index contributed by atoms with van der Waals surface area (Å²) >= 11 is 0. The van der Waals surface area contributed by atoms with E-state index in [9.17, 15) is 4.79 Å². The third kappa shape index (κ3) is 2.60. The number of ether oxygens (including phenoxy) is 1. The number of fused-ring (bicyclic) bond motifs is 1. The molecule has 5 aliphatic heterocycles. The van der Waals surface area contributed by atoms with Gasteiger partial charge in [0.05, 0.1) is 26.6 Å². The summed E-state index contributed by atoms with van der Waals surface area (Å²) in [6, 6.07) is 5.92. The number of quaternary nitrogens is 1. The van der Waals surface area contributed by atoms with Gasteiger partial charge in [0.15, 0.2) is 0 Å². The Balaban J connectivity index is 0.00000135. The number of carbonyl (C=O) groups excluding carboxylic acids is 1. The Bertz CT molecular complexity index is 616. The maximum absolute atomic E-state index is 12.8. The lowest BCUT2D eigenvalue weighted by atomic mass is 10.0. The summed E-state index contributed by atoms with van der Waals surface area (Å²) in [5.74, 6) is 1.21. The van der Waals surface area contributed by atoms with Crippen molar-refractivity contribution in [3.63, 3.8) is 0 Å². The van der Waals surface area contributed by atoms with Crippen LogP contribution in [0.2, 0.25) is 0 Å². The SMILES string of the molecule is O=C(C[N+]12CN3CN(CN(C3)C1)C2)c1ccc2c(c1)CCO2.[Br-]. The number of nitrogens with zero attached hydrogens (tertiary/aromatic N) is 4. The predicted molar refractivity (Wildman–Crippen MR) is 79.8 cm³/mol. The number of rotatable bonds is 3. The van der Waals surface area contributed by atoms with Crippen LogP contribution in [0.1, 0.15) is 15.9 Å². The Kier molecular flexibility index (Phi) is 3.73. The van der Waals surface area contributed by atoms with Gasteiger partial charge < -0.3 is 21.7 Å². The smallest absolute Gasteiger partial charge is 0.217 e. The molecule has 0 N–H and O–H groups in total. The van der Waals surface area contributed by atoms with Crippen LogP contribution in [0.25, 0.3) is 0 Å². The molecule has 1 aromatic rings. The van der Waals surface area contributed by atoms with Crippen LogP contribution in [0, 0.1) is 0 Å². The number of ketones is 1. The summed E-state index contributed by atoms with van der Waals surface area (Å²) in [6.45, 7) is 7.53. The molecule has 0 amide bonds. The maximum atomic E-state index is 12.8. The normalized spacial score (nSPS) is 36.3. The number of benzene rings is 1. The van der Waals surface area contributed by atoms with Crippen LogP contribution in [0.5, 0.6) is 5.75 Å². The van der Waals surface area contributed by atoms with Crippen molar-refractivity contribution in [3.8, 4) is 5.75 Å². The standard InChI is InChI=1S/C16H21N4O2.BrH/c21-15(13-1-2-16-14(5-13)3-4-22-16)6-20-10-17-7-18(11-20)9-19(8-17)12-20;/h1-2,5H,3-4,6-12H2;1H/q+1;/p-1. The molecule has 5 heterocycles. The molecule has 23 heavy (non-hydrogen) atoms. The van der Waals surface area contributed by atoms with E-state index in [4.69, 9.17) is 4.74 Å². The van der Waals surface area contributed by atoms with Crippen molar-refractivity contribution in [2.45, 2.75) is 6.42 Å². The van der Waals surface area contributed by atoms with Gasteiger partial charge in [0.2, 0.25) is 5.78 Å². The second-order valence-electron chi connectivity index (χ2n) is 7.20. The fourth-order valence-electron chi connectivity index (χ4n) is 4.56. The van der Waals surface area contributed by atoms with E-state index in [1.165, 1.54) is 5.56 Å². The first-order valence-corrected chi connectivity index (χ1v) is 8.00. The molecular weight excluding hydrogens is 360 g/mol. The molecule has 7 heteroatoms. The summed E-state index contributed by atoms with van der Waals surface area (Å²) < 4.78 is 6.40. The minimum Gasteiger partial charge on any atom is -1.00 e. The molecule has 6 rings (SSSR count). The van der Waals surface area contributed by atoms with E-state index in [1.54, 1.807) is 0 Å². The Morgan fingerprint density at radius 2 is 1.74 bits per heavy atom. The van der Waals surface area contributed by atoms with Crippen LogP contribution >= 0.6 is 0 Å². The van der Waals surface area contributed by atoms with Gasteiger partial charge in [-0.2, -0.15) is 0 Å². The fraction of sp³-hybridized carbons (Fsp3) is 0.562. The van der Waals surface area contributed by atoms with Crippen LogP contribution in [0.15, 0.2) is 18.2 Å². The van der Waals surface area contributed by atoms with Crippen molar-refractivity contribution in [1.82, 2.24) is 14.7 Å². The molecule has 4 fully saturated rings. The number of Topliss-reactive ketones (excluding diaryl/α,β-unsaturated/α-hetero) is 1. The third-order valence-electron chi connectivity index (χ3n) is 5.19. The van der Waals surface area contributed by atoms with Gasteiger partial charge in [-0.3, -0.25) is 9.28 Å². The molecule has 4 saturated heterocycles. The molecule has 0 saturated carbocycles. The van der Waals surface area contributed by atoms with E-state index >= 15 is 0 Å². The van der Waals surface area contributed by atoms with Crippen molar-refractivity contribution in [2.24, 2.45) is 0 Å². The molecule has 5 aliphatic rings. The molecule has 0 atom stereocenters. The zero-order valence-electron chi connectivity index (χ0n) is 13.1. The highest BCUT2D eigenvalue weighted by atomic mass is 79.9. The van der Waals surface area contributed by atoms with E-state index in [0.717, 1.165) is 68.8 Å². The Hall–Kier alpha value is -0.990. The van der Waals surface area contributed by atoms with Crippen LogP contribution < -0.4 is 21.7 Å². The van der Waals surface area contributed by atoms with Gasteiger partial charge in [-0.05, 0) is 23.8 Å². The number of carbonyl (C=O) groups is 1. The van der Waals surface area contributed by atoms with Crippen molar-refractivity contribution in [3.05, 3.63) is 29.3 Å². The zero-order chi connectivity index (χ0) is 14.7. The number of halogens is 1. The van der Waals surface area contributed by atoms with Crippen LogP contribution in [0.4, 0.5) is 0 Å². The molecule has 0 radical (unpaired) electrons. The second kappa shape index (κ2) is 5.53. The first kappa shape index (κ1) is 15.5. The van der Waals surface area contributed by atoms with Gasteiger partial charge in [0.25, 0.3) is 0 Å². The molecule has 0 unspecified atom stereocenters. The lowest BCUT2D eigenvalue weighted by Crippen LogP contribution is -3.00. The number of hydrogen-bond acceptors (Lipinski definition) is 5. The monoisotopic (exact) mass is 380 g/mol. The van der Waals surface area contributed by atoms with Crippen LogP contribution in [-0.4, -0.2) is 78.1 Å². The van der Waals surface area contributed by atoms with E-state index in [-0.39, 0.29) is 22.8 Å². The van der Waals surface area contributed by atoms with Crippen LogP contribution in [0.3, 0.4) is 0 Å². The molecule has 124 valence electrons. The summed E-state index contributed by atoms with van der Waals surface area (Å²) in [6.07, 6.45) is 0.922. The Labute approximate surface area is 146 Å². The Morgan fingerprint density at radius 3 is 2.39 bits per heavy atom. The van der Waals surface area contributed by atoms with Gasteiger partial charge in [0.1, 0.15) is 32.3 Å². The van der Waals surface area contributed by atoms with Crippen LogP contribution in [-0.2, 0) is 6.42 Å². The van der Waals surface area contributed by atoms with E-state index < -0.39 is 0 Å². The van der Waals surface area contributed by atoms with E-state index in [1.807, 2.05) is 18.2 Å². The highest BCUT2D eigenvalue weighted by molar-refractivity contribution is 5.97. The largest absolute Gasteiger partial charge is 1.00 e. The Morgan fingerprint density at radius 1 is 1.09 bits per heavy atom. The maximum Gasteiger partial charge on any atom is 0.217 e. The average molecular weight is 381 g/mol. The minimum atomic E-state index is 0. The van der Waals surface area contributed by atoms with Gasteiger partial charge >= 0.3 is 0 Å². The lowest BCUT2D eigenvalue weighted by molar-refractivity contribution is -0.973. The molecule has 4 bridgehead atoms. The molecule has 0 aromatic heterocycles. The molecule has 6 nitrogen and oxygen atoms in total. The van der Waals surface area contributed by atoms with Crippen molar-refractivity contribution < 1.29 is 31.0 Å². The summed E-state index contributed by atoms with van der Waals surface area (Å²) in [7, 11) is 0. The predicted octanol–water partition coefficient (Wildman–Crippen LogP) is -2.68. The van der Waals surface area contributed by atoms with Gasteiger partial charge in [-0.1, -0.05) is 0 Å². The second-order valence-corrected chi connectivity index (χ2v) is 7.20. The number of hydrogen-bond donors (Lipinski definition) is 0. The van der Waals surface area contributed by atoms with Crippen molar-refractivity contribution in [1.29, 1.82) is 0 Å². The van der Waals surface area contributed by atoms with Gasteiger partial charge in [0, 0.05) is 12.0 Å². The molecule has 0 spiro atoms. The summed E-state index contributed by atoms with van der Waals surface area (Å²) in [5.41, 5.74) is 2.03. The molecule has 0 aliphatic carbocycles.